The first-order chi connectivity index (χ1) is 17.1. The molecule has 2 heterocycles. The topological polar surface area (TPSA) is 93.7 Å². The number of nitrogen functional groups attached to an aromatic ring is 1. The third kappa shape index (κ3) is 5.93. The van der Waals surface area contributed by atoms with Crippen molar-refractivity contribution >= 4 is 17.4 Å². The zero-order valence-electron chi connectivity index (χ0n) is 20.2. The summed E-state index contributed by atoms with van der Waals surface area (Å²) in [6.07, 6.45) is 7.63. The van der Waals surface area contributed by atoms with Crippen LogP contribution in [-0.2, 0) is 11.2 Å². The number of nitrogens with zero attached hydrogens (tertiary/aromatic N) is 4. The van der Waals surface area contributed by atoms with Gasteiger partial charge in [-0.05, 0) is 74.6 Å². The van der Waals surface area contributed by atoms with Gasteiger partial charge in [-0.1, -0.05) is 24.3 Å². The molecule has 0 saturated carbocycles. The van der Waals surface area contributed by atoms with Gasteiger partial charge in [0.05, 0.1) is 17.0 Å². The fraction of sp³-hybridized carbons (Fsp3) is 0.286. The van der Waals surface area contributed by atoms with E-state index in [2.05, 4.69) is 15.0 Å². The largest absolute Gasteiger partial charge is 0.457 e. The van der Waals surface area contributed by atoms with Crippen LogP contribution in [0.15, 0.2) is 78.1 Å². The van der Waals surface area contributed by atoms with Crippen molar-refractivity contribution in [1.29, 1.82) is 0 Å². The first-order valence-electron chi connectivity index (χ1n) is 11.9. The highest BCUT2D eigenvalue weighted by molar-refractivity contribution is 6.16. The molecule has 1 amide bonds. The molecular formula is C28H31N5O2. The molecule has 0 radical (unpaired) electrons. The predicted molar refractivity (Wildman–Crippen MR) is 139 cm³/mol. The molecule has 3 aromatic rings. The summed E-state index contributed by atoms with van der Waals surface area (Å²) >= 11 is 0. The molecule has 1 aliphatic heterocycles. The smallest absolute Gasteiger partial charge is 0.246 e. The lowest BCUT2D eigenvalue weighted by molar-refractivity contribution is -0.127. The SMILES string of the molecule is C/C=C/C(=O)N1CCC[C@@H](Cc2ncnc(N)c2C(=NC)c2ccc(Oc3ccccc3)cc2)C1. The first kappa shape index (κ1) is 24.1. The Kier molecular flexibility index (Phi) is 7.88. The molecule has 2 N–H and O–H groups in total. The van der Waals surface area contributed by atoms with Crippen molar-refractivity contribution in [2.45, 2.75) is 26.2 Å². The van der Waals surface area contributed by atoms with Crippen LogP contribution in [0.3, 0.4) is 0 Å². The summed E-state index contributed by atoms with van der Waals surface area (Å²) in [6.45, 7) is 3.36. The van der Waals surface area contributed by atoms with Crippen LogP contribution in [0, 0.1) is 5.92 Å². The Balaban J connectivity index is 1.55. The standard InChI is InChI=1S/C28H31N5O2/c1-3-8-25(34)33-16-7-9-20(18-33)17-24-26(28(29)32-19-31-24)27(30-2)21-12-14-23(15-13-21)35-22-10-5-4-6-11-22/h3-6,8,10-15,19-20H,7,9,16-18H2,1-2H3,(H2,29,31,32)/b8-3+,30-27?/t20-/m0/s1. The highest BCUT2D eigenvalue weighted by atomic mass is 16.5. The fourth-order valence-corrected chi connectivity index (χ4v) is 4.49. The Bertz CT molecular complexity index is 1210. The van der Waals surface area contributed by atoms with Gasteiger partial charge in [-0.3, -0.25) is 9.79 Å². The molecule has 1 atom stereocenters. The molecule has 1 aromatic heterocycles. The van der Waals surface area contributed by atoms with Gasteiger partial charge in [0.15, 0.2) is 0 Å². The van der Waals surface area contributed by atoms with Crippen molar-refractivity contribution in [3.05, 3.63) is 89.9 Å². The third-order valence-corrected chi connectivity index (χ3v) is 6.14. The summed E-state index contributed by atoms with van der Waals surface area (Å²) in [4.78, 5) is 27.7. The molecule has 0 unspecified atom stereocenters. The van der Waals surface area contributed by atoms with Crippen molar-refractivity contribution < 1.29 is 9.53 Å². The summed E-state index contributed by atoms with van der Waals surface area (Å²) in [6, 6.07) is 17.4. The van der Waals surface area contributed by atoms with Crippen LogP contribution >= 0.6 is 0 Å². The van der Waals surface area contributed by atoms with E-state index in [9.17, 15) is 4.79 Å². The number of ether oxygens (including phenoxy) is 1. The van der Waals surface area contributed by atoms with Gasteiger partial charge in [0.1, 0.15) is 23.6 Å². The lowest BCUT2D eigenvalue weighted by atomic mass is 9.90. The van der Waals surface area contributed by atoms with Gasteiger partial charge in [0, 0.05) is 25.7 Å². The number of anilines is 1. The highest BCUT2D eigenvalue weighted by Gasteiger charge is 2.25. The number of nitrogens with two attached hydrogens (primary N) is 1. The maximum Gasteiger partial charge on any atom is 0.246 e. The molecular weight excluding hydrogens is 438 g/mol. The minimum atomic E-state index is 0.0632. The number of piperidine rings is 1. The number of hydrogen-bond donors (Lipinski definition) is 1. The molecule has 0 bridgehead atoms. The second-order valence-electron chi connectivity index (χ2n) is 8.59. The number of hydrogen-bond acceptors (Lipinski definition) is 6. The summed E-state index contributed by atoms with van der Waals surface area (Å²) in [5.41, 5.74) is 9.61. The maximum atomic E-state index is 12.4. The van der Waals surface area contributed by atoms with Crippen molar-refractivity contribution in [3.63, 3.8) is 0 Å². The Morgan fingerprint density at radius 3 is 2.60 bits per heavy atom. The van der Waals surface area contributed by atoms with Crippen molar-refractivity contribution in [1.82, 2.24) is 14.9 Å². The lowest BCUT2D eigenvalue weighted by Crippen LogP contribution is -2.39. The van der Waals surface area contributed by atoms with E-state index in [1.807, 2.05) is 66.4 Å². The highest BCUT2D eigenvalue weighted by Crippen LogP contribution is 2.27. The molecule has 35 heavy (non-hydrogen) atoms. The molecule has 180 valence electrons. The number of para-hydroxylation sites is 1. The second kappa shape index (κ2) is 11.4. The predicted octanol–water partition coefficient (Wildman–Crippen LogP) is 4.68. The normalized spacial score (nSPS) is 16.5. The van der Waals surface area contributed by atoms with Crippen LogP contribution in [0.25, 0.3) is 0 Å². The van der Waals surface area contributed by atoms with Crippen LogP contribution in [0.2, 0.25) is 0 Å². The van der Waals surface area contributed by atoms with Gasteiger partial charge in [-0.15, -0.1) is 0 Å². The summed E-state index contributed by atoms with van der Waals surface area (Å²) in [5.74, 6) is 2.28. The number of allylic oxidation sites excluding steroid dienone is 1. The quantitative estimate of drug-likeness (QED) is 0.401. The molecule has 2 aromatic carbocycles. The van der Waals surface area contributed by atoms with Gasteiger partial charge in [-0.25, -0.2) is 9.97 Å². The van der Waals surface area contributed by atoms with E-state index < -0.39 is 0 Å². The zero-order chi connectivity index (χ0) is 24.6. The monoisotopic (exact) mass is 469 g/mol. The van der Waals surface area contributed by atoms with Crippen LogP contribution in [0.4, 0.5) is 5.82 Å². The Morgan fingerprint density at radius 2 is 1.89 bits per heavy atom. The van der Waals surface area contributed by atoms with Crippen LogP contribution in [0.5, 0.6) is 11.5 Å². The molecule has 7 heteroatoms. The van der Waals surface area contributed by atoms with E-state index in [4.69, 9.17) is 10.5 Å². The average molecular weight is 470 g/mol. The molecule has 1 saturated heterocycles. The molecule has 1 aliphatic rings. The van der Waals surface area contributed by atoms with E-state index >= 15 is 0 Å². The number of rotatable bonds is 7. The van der Waals surface area contributed by atoms with E-state index in [0.29, 0.717) is 24.7 Å². The number of benzene rings is 2. The number of carbonyl (C=O) groups excluding carboxylic acids is 1. The van der Waals surface area contributed by atoms with Gasteiger partial charge in [-0.2, -0.15) is 0 Å². The maximum absolute atomic E-state index is 12.4. The van der Waals surface area contributed by atoms with Crippen LogP contribution in [0.1, 0.15) is 36.6 Å². The number of aromatic nitrogens is 2. The average Bonchev–Trinajstić information content (AvgIpc) is 2.88. The van der Waals surface area contributed by atoms with E-state index in [1.54, 1.807) is 19.2 Å². The second-order valence-corrected chi connectivity index (χ2v) is 8.59. The van der Waals surface area contributed by atoms with E-state index in [-0.39, 0.29) is 5.91 Å². The van der Waals surface area contributed by atoms with Crippen molar-refractivity contribution in [2.75, 3.05) is 25.9 Å². The van der Waals surface area contributed by atoms with E-state index in [0.717, 1.165) is 53.4 Å². The Morgan fingerprint density at radius 1 is 1.14 bits per heavy atom. The molecule has 4 rings (SSSR count). The molecule has 7 nitrogen and oxygen atoms in total. The first-order valence-corrected chi connectivity index (χ1v) is 11.9. The Labute approximate surface area is 206 Å². The Hall–Kier alpha value is -4.00. The summed E-state index contributed by atoms with van der Waals surface area (Å²) in [5, 5.41) is 0. The zero-order valence-corrected chi connectivity index (χ0v) is 20.2. The minimum Gasteiger partial charge on any atom is -0.457 e. The molecule has 0 spiro atoms. The van der Waals surface area contributed by atoms with Crippen LogP contribution < -0.4 is 10.5 Å². The number of carbonyl (C=O) groups is 1. The summed E-state index contributed by atoms with van der Waals surface area (Å²) in [7, 11) is 1.75. The molecule has 0 aliphatic carbocycles. The number of amides is 1. The van der Waals surface area contributed by atoms with Gasteiger partial charge >= 0.3 is 0 Å². The number of likely N-dealkylation sites (tertiary alicyclic amines) is 1. The van der Waals surface area contributed by atoms with Crippen molar-refractivity contribution in [2.24, 2.45) is 10.9 Å². The fourth-order valence-electron chi connectivity index (χ4n) is 4.49. The van der Waals surface area contributed by atoms with Crippen LogP contribution in [-0.4, -0.2) is 46.6 Å². The lowest BCUT2D eigenvalue weighted by Gasteiger charge is -2.32. The minimum absolute atomic E-state index is 0.0632. The van der Waals surface area contributed by atoms with Gasteiger partial charge < -0.3 is 15.4 Å². The molecule has 1 fully saturated rings. The van der Waals surface area contributed by atoms with E-state index in [1.165, 1.54) is 6.33 Å². The third-order valence-electron chi connectivity index (χ3n) is 6.14. The van der Waals surface area contributed by atoms with Gasteiger partial charge in [0.2, 0.25) is 5.91 Å². The summed E-state index contributed by atoms with van der Waals surface area (Å²) < 4.78 is 5.92. The van der Waals surface area contributed by atoms with Crippen molar-refractivity contribution in [3.8, 4) is 11.5 Å². The number of aliphatic imine (C=N–C) groups is 1. The van der Waals surface area contributed by atoms with Gasteiger partial charge in [0.25, 0.3) is 0 Å².